The van der Waals surface area contributed by atoms with Crippen molar-refractivity contribution in [3.05, 3.63) is 23.8 Å². The Morgan fingerprint density at radius 1 is 1.00 bits per heavy atom. The highest BCUT2D eigenvalue weighted by Crippen LogP contribution is 2.27. The normalized spacial score (nSPS) is 11.3. The first kappa shape index (κ1) is 21.0. The van der Waals surface area contributed by atoms with E-state index in [4.69, 9.17) is 9.47 Å². The maximum atomic E-state index is 11.9. The Hall–Kier alpha value is -2.04. The van der Waals surface area contributed by atoms with E-state index >= 15 is 0 Å². The number of carbonyl (C=O) groups is 1. The van der Waals surface area contributed by atoms with Crippen molar-refractivity contribution in [2.75, 3.05) is 14.2 Å². The highest BCUT2D eigenvalue weighted by Gasteiger charge is 2.07. The zero-order chi connectivity index (χ0) is 18.5. The summed E-state index contributed by atoms with van der Waals surface area (Å²) in [7, 11) is 3.20. The molecular formula is C20H32N2O3. The van der Waals surface area contributed by atoms with Crippen molar-refractivity contribution in [1.29, 1.82) is 0 Å². The lowest BCUT2D eigenvalue weighted by Gasteiger charge is -2.09. The highest BCUT2D eigenvalue weighted by molar-refractivity contribution is 5.99. The summed E-state index contributed by atoms with van der Waals surface area (Å²) in [6.07, 6.45) is 8.91. The van der Waals surface area contributed by atoms with Crippen molar-refractivity contribution >= 4 is 11.6 Å². The van der Waals surface area contributed by atoms with Gasteiger partial charge < -0.3 is 9.47 Å². The van der Waals surface area contributed by atoms with Crippen molar-refractivity contribution < 1.29 is 14.3 Å². The summed E-state index contributed by atoms with van der Waals surface area (Å²) in [5, 5.41) is 4.19. The van der Waals surface area contributed by atoms with Crippen LogP contribution in [0.1, 0.15) is 70.8 Å². The first-order chi connectivity index (χ1) is 12.1. The molecule has 0 atom stereocenters. The molecule has 0 saturated heterocycles. The van der Waals surface area contributed by atoms with E-state index < -0.39 is 0 Å². The van der Waals surface area contributed by atoms with Gasteiger partial charge in [0.25, 0.3) is 0 Å². The zero-order valence-electron chi connectivity index (χ0n) is 16.1. The Balaban J connectivity index is 2.38. The van der Waals surface area contributed by atoms with Gasteiger partial charge in [0.15, 0.2) is 11.5 Å². The molecule has 1 aromatic carbocycles. The molecule has 0 spiro atoms. The maximum absolute atomic E-state index is 11.9. The van der Waals surface area contributed by atoms with Crippen LogP contribution in [0.3, 0.4) is 0 Å². The van der Waals surface area contributed by atoms with E-state index in [1.807, 2.05) is 25.1 Å². The number of amides is 1. The Kier molecular flexibility index (Phi) is 10.4. The van der Waals surface area contributed by atoms with Crippen molar-refractivity contribution in [2.24, 2.45) is 5.10 Å². The number of hydrogen-bond acceptors (Lipinski definition) is 4. The maximum Gasteiger partial charge on any atom is 0.240 e. The summed E-state index contributed by atoms with van der Waals surface area (Å²) in [4.78, 5) is 11.9. The Bertz CT molecular complexity index is 556. The van der Waals surface area contributed by atoms with E-state index in [-0.39, 0.29) is 5.91 Å². The SMILES string of the molecule is CCCCCCCCCC(=O)N/N=C(\C)c1ccc(OC)c(OC)c1. The third-order valence-corrected chi connectivity index (χ3v) is 4.16. The molecule has 0 aromatic heterocycles. The van der Waals surface area contributed by atoms with Gasteiger partial charge in [0.2, 0.25) is 5.91 Å². The molecule has 1 N–H and O–H groups in total. The second-order valence-electron chi connectivity index (χ2n) is 6.17. The van der Waals surface area contributed by atoms with Crippen molar-refractivity contribution in [1.82, 2.24) is 5.43 Å². The first-order valence-electron chi connectivity index (χ1n) is 9.17. The Labute approximate surface area is 151 Å². The van der Waals surface area contributed by atoms with Crippen LogP contribution >= 0.6 is 0 Å². The summed E-state index contributed by atoms with van der Waals surface area (Å²) in [5.41, 5.74) is 4.25. The molecule has 0 aliphatic carbocycles. The fraction of sp³-hybridized carbons (Fsp3) is 0.600. The fourth-order valence-corrected chi connectivity index (χ4v) is 2.57. The van der Waals surface area contributed by atoms with Crippen LogP contribution in [-0.2, 0) is 4.79 Å². The van der Waals surface area contributed by atoms with E-state index in [0.717, 1.165) is 24.1 Å². The summed E-state index contributed by atoms with van der Waals surface area (Å²) in [6.45, 7) is 4.07. The molecule has 0 bridgehead atoms. The van der Waals surface area contributed by atoms with Crippen LogP contribution in [0.15, 0.2) is 23.3 Å². The van der Waals surface area contributed by atoms with Crippen molar-refractivity contribution in [2.45, 2.75) is 65.2 Å². The third kappa shape index (κ3) is 8.05. The Morgan fingerprint density at radius 2 is 1.64 bits per heavy atom. The molecule has 1 rings (SSSR count). The molecule has 0 saturated carbocycles. The summed E-state index contributed by atoms with van der Waals surface area (Å²) < 4.78 is 10.5. The van der Waals surface area contributed by atoms with Gasteiger partial charge in [0.1, 0.15) is 0 Å². The standard InChI is InChI=1S/C20H32N2O3/c1-5-6-7-8-9-10-11-12-20(23)22-21-16(2)17-13-14-18(24-3)19(15-17)25-4/h13-15H,5-12H2,1-4H3,(H,22,23)/b21-16+. The lowest BCUT2D eigenvalue weighted by molar-refractivity contribution is -0.121. The topological polar surface area (TPSA) is 59.9 Å². The van der Waals surface area contributed by atoms with E-state index in [1.54, 1.807) is 14.2 Å². The zero-order valence-corrected chi connectivity index (χ0v) is 16.1. The number of rotatable bonds is 12. The number of hydrogen-bond donors (Lipinski definition) is 1. The van der Waals surface area contributed by atoms with Gasteiger partial charge in [-0.2, -0.15) is 5.10 Å². The quantitative estimate of drug-likeness (QED) is 0.339. The van der Waals surface area contributed by atoms with E-state index in [0.29, 0.717) is 17.9 Å². The Morgan fingerprint density at radius 3 is 2.28 bits per heavy atom. The van der Waals surface area contributed by atoms with Crippen LogP contribution in [0.2, 0.25) is 0 Å². The van der Waals surface area contributed by atoms with Crippen molar-refractivity contribution in [3.8, 4) is 11.5 Å². The van der Waals surface area contributed by atoms with Gasteiger partial charge in [-0.05, 0) is 31.5 Å². The van der Waals surface area contributed by atoms with E-state index in [2.05, 4.69) is 17.5 Å². The fourth-order valence-electron chi connectivity index (χ4n) is 2.57. The molecule has 0 heterocycles. The molecule has 5 nitrogen and oxygen atoms in total. The second kappa shape index (κ2) is 12.3. The molecule has 5 heteroatoms. The summed E-state index contributed by atoms with van der Waals surface area (Å²) in [6, 6.07) is 5.57. The molecule has 0 unspecified atom stereocenters. The number of carbonyl (C=O) groups excluding carboxylic acids is 1. The molecule has 1 amide bonds. The van der Waals surface area contributed by atoms with Gasteiger partial charge in [-0.1, -0.05) is 45.4 Å². The van der Waals surface area contributed by atoms with Crippen LogP contribution in [0.25, 0.3) is 0 Å². The molecule has 0 aliphatic heterocycles. The second-order valence-corrected chi connectivity index (χ2v) is 6.17. The van der Waals surface area contributed by atoms with Crippen LogP contribution in [0.5, 0.6) is 11.5 Å². The van der Waals surface area contributed by atoms with E-state index in [9.17, 15) is 4.79 Å². The number of ether oxygens (including phenoxy) is 2. The van der Waals surface area contributed by atoms with Gasteiger partial charge >= 0.3 is 0 Å². The van der Waals surface area contributed by atoms with Gasteiger partial charge in [0, 0.05) is 12.0 Å². The molecule has 140 valence electrons. The molecular weight excluding hydrogens is 316 g/mol. The van der Waals surface area contributed by atoms with Crippen molar-refractivity contribution in [3.63, 3.8) is 0 Å². The lowest BCUT2D eigenvalue weighted by Crippen LogP contribution is -2.18. The average molecular weight is 348 g/mol. The number of nitrogens with zero attached hydrogens (tertiary/aromatic N) is 1. The molecule has 0 radical (unpaired) electrons. The van der Waals surface area contributed by atoms with Gasteiger partial charge in [0.05, 0.1) is 19.9 Å². The van der Waals surface area contributed by atoms with Gasteiger partial charge in [-0.15, -0.1) is 0 Å². The molecule has 0 fully saturated rings. The number of unbranched alkanes of at least 4 members (excludes halogenated alkanes) is 6. The predicted molar refractivity (Wildman–Crippen MR) is 103 cm³/mol. The summed E-state index contributed by atoms with van der Waals surface area (Å²) >= 11 is 0. The molecule has 0 aliphatic rings. The minimum absolute atomic E-state index is 0.0339. The minimum Gasteiger partial charge on any atom is -0.493 e. The largest absolute Gasteiger partial charge is 0.493 e. The number of methoxy groups -OCH3 is 2. The first-order valence-corrected chi connectivity index (χ1v) is 9.17. The van der Waals surface area contributed by atoms with Gasteiger partial charge in [-0.25, -0.2) is 5.43 Å². The van der Waals surface area contributed by atoms with Crippen LogP contribution in [0, 0.1) is 0 Å². The lowest BCUT2D eigenvalue weighted by atomic mass is 10.1. The highest BCUT2D eigenvalue weighted by atomic mass is 16.5. The average Bonchev–Trinajstić information content (AvgIpc) is 2.64. The van der Waals surface area contributed by atoms with Crippen LogP contribution in [-0.4, -0.2) is 25.8 Å². The minimum atomic E-state index is -0.0339. The smallest absolute Gasteiger partial charge is 0.240 e. The number of nitrogens with one attached hydrogen (secondary N) is 1. The predicted octanol–water partition coefficient (Wildman–Crippen LogP) is 4.68. The number of hydrazone groups is 1. The van der Waals surface area contributed by atoms with Crippen LogP contribution in [0.4, 0.5) is 0 Å². The molecule has 1 aromatic rings. The molecule has 25 heavy (non-hydrogen) atoms. The van der Waals surface area contributed by atoms with Gasteiger partial charge in [-0.3, -0.25) is 4.79 Å². The summed E-state index contributed by atoms with van der Waals surface area (Å²) in [5.74, 6) is 1.28. The van der Waals surface area contributed by atoms with E-state index in [1.165, 1.54) is 32.1 Å². The monoisotopic (exact) mass is 348 g/mol. The van der Waals surface area contributed by atoms with Crippen LogP contribution < -0.4 is 14.9 Å². The number of benzene rings is 1. The third-order valence-electron chi connectivity index (χ3n) is 4.16.